The minimum atomic E-state index is -1.10. The zero-order valence-electron chi connectivity index (χ0n) is 10.9. The molecule has 0 saturated heterocycles. The normalized spacial score (nSPS) is 10.5. The molecule has 6 heteroatoms. The Morgan fingerprint density at radius 2 is 1.81 bits per heavy atom. The van der Waals surface area contributed by atoms with Crippen LogP contribution >= 0.6 is 23.2 Å². The SMILES string of the molecule is CCOc1cc(Cl)c(C(=O)c2ccc(F)c(F)c2)cc1Cl. The van der Waals surface area contributed by atoms with Gasteiger partial charge in [-0.3, -0.25) is 4.79 Å². The fraction of sp³-hybridized carbons (Fsp3) is 0.133. The lowest BCUT2D eigenvalue weighted by Gasteiger charge is -2.10. The maximum absolute atomic E-state index is 13.2. The second-order valence-electron chi connectivity index (χ2n) is 4.15. The van der Waals surface area contributed by atoms with Crippen LogP contribution in [0.1, 0.15) is 22.8 Å². The van der Waals surface area contributed by atoms with Crippen molar-refractivity contribution < 1.29 is 18.3 Å². The van der Waals surface area contributed by atoms with Crippen molar-refractivity contribution in [3.05, 3.63) is 63.1 Å². The molecule has 0 N–H and O–H groups in total. The van der Waals surface area contributed by atoms with Gasteiger partial charge in [-0.2, -0.15) is 0 Å². The van der Waals surface area contributed by atoms with Gasteiger partial charge in [0.1, 0.15) is 5.75 Å². The highest BCUT2D eigenvalue weighted by atomic mass is 35.5. The van der Waals surface area contributed by atoms with Gasteiger partial charge in [0.25, 0.3) is 0 Å². The van der Waals surface area contributed by atoms with E-state index in [4.69, 9.17) is 27.9 Å². The van der Waals surface area contributed by atoms with Gasteiger partial charge in [0, 0.05) is 17.2 Å². The highest BCUT2D eigenvalue weighted by molar-refractivity contribution is 6.37. The van der Waals surface area contributed by atoms with Gasteiger partial charge in [0.15, 0.2) is 17.4 Å². The Balaban J connectivity index is 2.43. The predicted octanol–water partition coefficient (Wildman–Crippen LogP) is 4.90. The van der Waals surface area contributed by atoms with Crippen molar-refractivity contribution in [2.24, 2.45) is 0 Å². The number of halogens is 4. The smallest absolute Gasteiger partial charge is 0.194 e. The maximum atomic E-state index is 13.2. The summed E-state index contributed by atoms with van der Waals surface area (Å²) in [6.07, 6.45) is 0. The fourth-order valence-corrected chi connectivity index (χ4v) is 2.22. The van der Waals surface area contributed by atoms with Crippen LogP contribution in [-0.2, 0) is 0 Å². The van der Waals surface area contributed by atoms with E-state index < -0.39 is 17.4 Å². The molecule has 0 heterocycles. The summed E-state index contributed by atoms with van der Waals surface area (Å²) in [7, 11) is 0. The van der Waals surface area contributed by atoms with Crippen LogP contribution in [0.25, 0.3) is 0 Å². The first-order valence-corrected chi connectivity index (χ1v) is 6.81. The highest BCUT2D eigenvalue weighted by Gasteiger charge is 2.17. The summed E-state index contributed by atoms with van der Waals surface area (Å²) >= 11 is 12.0. The Morgan fingerprint density at radius 3 is 2.43 bits per heavy atom. The number of carbonyl (C=O) groups excluding carboxylic acids is 1. The Morgan fingerprint density at radius 1 is 1.10 bits per heavy atom. The van der Waals surface area contributed by atoms with Crippen LogP contribution in [0.4, 0.5) is 8.78 Å². The molecule has 110 valence electrons. The van der Waals surface area contributed by atoms with Crippen LogP contribution in [-0.4, -0.2) is 12.4 Å². The molecule has 2 aromatic rings. The quantitative estimate of drug-likeness (QED) is 0.745. The van der Waals surface area contributed by atoms with Crippen molar-refractivity contribution in [3.8, 4) is 5.75 Å². The van der Waals surface area contributed by atoms with Crippen LogP contribution in [0, 0.1) is 11.6 Å². The largest absolute Gasteiger partial charge is 0.492 e. The van der Waals surface area contributed by atoms with E-state index in [1.54, 1.807) is 6.92 Å². The molecule has 0 spiro atoms. The Bertz CT molecular complexity index is 702. The van der Waals surface area contributed by atoms with Crippen LogP contribution in [0.15, 0.2) is 30.3 Å². The van der Waals surface area contributed by atoms with E-state index in [9.17, 15) is 13.6 Å². The summed E-state index contributed by atoms with van der Waals surface area (Å²) in [6.45, 7) is 2.18. The van der Waals surface area contributed by atoms with E-state index >= 15 is 0 Å². The molecule has 0 aliphatic heterocycles. The summed E-state index contributed by atoms with van der Waals surface area (Å²) in [4.78, 5) is 12.3. The molecular formula is C15H10Cl2F2O2. The standard InChI is InChI=1S/C15H10Cl2F2O2/c1-2-21-14-7-10(16)9(6-11(14)17)15(20)8-3-4-12(18)13(19)5-8/h3-7H,2H2,1H3. The Hall–Kier alpha value is -1.65. The zero-order chi connectivity index (χ0) is 15.6. The number of carbonyl (C=O) groups is 1. The lowest BCUT2D eigenvalue weighted by atomic mass is 10.0. The third-order valence-corrected chi connectivity index (χ3v) is 3.36. The molecule has 0 bridgehead atoms. The number of rotatable bonds is 4. The second kappa shape index (κ2) is 6.41. The predicted molar refractivity (Wildman–Crippen MR) is 77.4 cm³/mol. The summed E-state index contributed by atoms with van der Waals surface area (Å²) in [5.74, 6) is -2.33. The molecule has 21 heavy (non-hydrogen) atoms. The van der Waals surface area contributed by atoms with Crippen molar-refractivity contribution in [1.82, 2.24) is 0 Å². The van der Waals surface area contributed by atoms with Crippen molar-refractivity contribution in [3.63, 3.8) is 0 Å². The number of ketones is 1. The topological polar surface area (TPSA) is 26.3 Å². The molecule has 0 radical (unpaired) electrons. The molecule has 0 aromatic heterocycles. The van der Waals surface area contributed by atoms with Gasteiger partial charge in [-0.25, -0.2) is 8.78 Å². The van der Waals surface area contributed by atoms with Gasteiger partial charge < -0.3 is 4.74 Å². The third-order valence-electron chi connectivity index (χ3n) is 2.75. The molecule has 2 nitrogen and oxygen atoms in total. The van der Waals surface area contributed by atoms with Gasteiger partial charge >= 0.3 is 0 Å². The molecule has 0 saturated carbocycles. The molecule has 0 unspecified atom stereocenters. The minimum Gasteiger partial charge on any atom is -0.492 e. The minimum absolute atomic E-state index is 0.0176. The average Bonchev–Trinajstić information content (AvgIpc) is 2.45. The number of benzene rings is 2. The van der Waals surface area contributed by atoms with Crippen molar-refractivity contribution in [2.45, 2.75) is 6.92 Å². The van der Waals surface area contributed by atoms with Gasteiger partial charge in [0.2, 0.25) is 0 Å². The summed E-state index contributed by atoms with van der Waals surface area (Å²) < 4.78 is 31.3. The summed E-state index contributed by atoms with van der Waals surface area (Å²) in [5.41, 5.74) is 0.0761. The van der Waals surface area contributed by atoms with Crippen LogP contribution in [0.5, 0.6) is 5.75 Å². The van der Waals surface area contributed by atoms with Crippen molar-refractivity contribution >= 4 is 29.0 Å². The van der Waals surface area contributed by atoms with Gasteiger partial charge in [-0.1, -0.05) is 23.2 Å². The average molecular weight is 331 g/mol. The Kier molecular flexibility index (Phi) is 4.80. The van der Waals surface area contributed by atoms with E-state index in [1.165, 1.54) is 18.2 Å². The van der Waals surface area contributed by atoms with E-state index in [0.29, 0.717) is 12.4 Å². The van der Waals surface area contributed by atoms with E-state index in [2.05, 4.69) is 0 Å². The lowest BCUT2D eigenvalue weighted by Crippen LogP contribution is -2.04. The first-order chi connectivity index (χ1) is 9.93. The molecule has 0 aliphatic carbocycles. The highest BCUT2D eigenvalue weighted by Crippen LogP contribution is 2.32. The molecule has 0 fully saturated rings. The van der Waals surface area contributed by atoms with Crippen molar-refractivity contribution in [2.75, 3.05) is 6.61 Å². The van der Waals surface area contributed by atoms with Gasteiger partial charge in [-0.05, 0) is 31.2 Å². The second-order valence-corrected chi connectivity index (χ2v) is 4.97. The lowest BCUT2D eigenvalue weighted by molar-refractivity contribution is 0.103. The Labute approximate surface area is 130 Å². The molecule has 2 rings (SSSR count). The van der Waals surface area contributed by atoms with Crippen LogP contribution < -0.4 is 4.74 Å². The van der Waals surface area contributed by atoms with Crippen molar-refractivity contribution in [1.29, 1.82) is 0 Å². The first-order valence-electron chi connectivity index (χ1n) is 6.05. The van der Waals surface area contributed by atoms with Gasteiger partial charge in [0.05, 0.1) is 16.7 Å². The molecule has 0 aliphatic rings. The molecule has 0 amide bonds. The molecule has 0 atom stereocenters. The number of ether oxygens (including phenoxy) is 1. The van der Waals surface area contributed by atoms with E-state index in [-0.39, 0.29) is 21.2 Å². The number of hydrogen-bond donors (Lipinski definition) is 0. The first kappa shape index (κ1) is 15.7. The summed E-state index contributed by atoms with van der Waals surface area (Å²) in [5, 5.41) is 0.338. The van der Waals surface area contributed by atoms with Crippen LogP contribution in [0.3, 0.4) is 0 Å². The van der Waals surface area contributed by atoms with E-state index in [1.807, 2.05) is 0 Å². The summed E-state index contributed by atoms with van der Waals surface area (Å²) in [6, 6.07) is 5.64. The third kappa shape index (κ3) is 3.34. The fourth-order valence-electron chi connectivity index (χ4n) is 1.76. The monoisotopic (exact) mass is 330 g/mol. The van der Waals surface area contributed by atoms with Crippen LogP contribution in [0.2, 0.25) is 10.0 Å². The van der Waals surface area contributed by atoms with E-state index in [0.717, 1.165) is 12.1 Å². The maximum Gasteiger partial charge on any atom is 0.194 e. The molecular weight excluding hydrogens is 321 g/mol. The number of hydrogen-bond acceptors (Lipinski definition) is 2. The zero-order valence-corrected chi connectivity index (χ0v) is 12.4. The van der Waals surface area contributed by atoms with Gasteiger partial charge in [-0.15, -0.1) is 0 Å². The molecule has 2 aromatic carbocycles.